The summed E-state index contributed by atoms with van der Waals surface area (Å²) in [6.45, 7) is 13.6. The number of amides is 13. The Morgan fingerprint density at radius 1 is 0.779 bits per heavy atom. The van der Waals surface area contributed by atoms with E-state index >= 15 is 9.59 Å². The van der Waals surface area contributed by atoms with Gasteiger partial charge in [-0.15, -0.1) is 11.3 Å². The van der Waals surface area contributed by atoms with Crippen LogP contribution in [0.15, 0.2) is 72.3 Å². The molecule has 0 spiro atoms. The zero-order valence-electron chi connectivity index (χ0n) is 67.0. The first-order valence-electron chi connectivity index (χ1n) is 39.0. The quantitative estimate of drug-likeness (QED) is 0.0254. The number of likely N-dealkylation sites (N-methyl/N-ethyl adjacent to an activating group) is 1. The summed E-state index contributed by atoms with van der Waals surface area (Å²) in [6.07, 6.45) is 4.63. The number of carboxylic acids is 1. The minimum Gasteiger partial charge on any atom is -0.481 e. The van der Waals surface area contributed by atoms with Crippen LogP contribution in [-0.2, 0) is 96.1 Å². The van der Waals surface area contributed by atoms with Crippen LogP contribution in [-0.4, -0.2) is 233 Å². The smallest absolute Gasteiger partial charge is 0.411 e. The van der Waals surface area contributed by atoms with Crippen LogP contribution in [0.1, 0.15) is 167 Å². The Bertz CT molecular complexity index is 3830. The molecular formula is C80H115N13O19S. The summed E-state index contributed by atoms with van der Waals surface area (Å²) in [7, 11) is 6.12. The molecule has 2 bridgehead atoms. The van der Waals surface area contributed by atoms with Gasteiger partial charge in [-0.2, -0.15) is 0 Å². The van der Waals surface area contributed by atoms with Crippen molar-refractivity contribution in [3.8, 4) is 0 Å². The van der Waals surface area contributed by atoms with Crippen molar-refractivity contribution in [2.45, 2.75) is 219 Å². The predicted molar refractivity (Wildman–Crippen MR) is 417 cm³/mol. The number of aromatic nitrogens is 1. The van der Waals surface area contributed by atoms with Crippen molar-refractivity contribution < 1.29 is 91.2 Å². The van der Waals surface area contributed by atoms with E-state index in [9.17, 15) is 62.6 Å². The van der Waals surface area contributed by atoms with Gasteiger partial charge in [0.1, 0.15) is 41.6 Å². The number of urea groups is 1. The minimum atomic E-state index is -1.30. The normalized spacial score (nSPS) is 19.1. The number of nitrogens with zero attached hydrogens (tertiary/aromatic N) is 6. The highest BCUT2D eigenvalue weighted by Crippen LogP contribution is 2.43. The zero-order valence-corrected chi connectivity index (χ0v) is 67.8. The number of hydrogen-bond donors (Lipinski definition) is 8. The SMILES string of the molecule is CC[C@H](C)[C@@H]([C@@H](CC(=O)N1CCC[C@H]1[C@H](OC)[C@@H](C)C(=O)N[C@@H](Cc1ccccc1)c1nccs1)OC)N(C)C(=O)[C@@H](NC(=O)[C@@H]1[C@H]2CC[C@H](C2)N1C(=O)OCc1ccc(NC(=O)[C@H](CCCNC(N)=O)NC(=O)[C@@H](NC(=O)CCOCCN2C(=O)C=CC2=O)C(C)C)cc1CN(C)C(=O)[C@H](CCC(=O)O)CC(C)=O)C(C)C. The molecule has 7 rings (SSSR count). The Kier molecular flexibility index (Phi) is 34.8. The number of nitrogens with one attached hydrogen (secondary N) is 6. The average Bonchev–Trinajstić information content (AvgIpc) is 1.60. The Labute approximate surface area is 664 Å². The van der Waals surface area contributed by atoms with E-state index in [-0.39, 0.29) is 106 Å². The molecule has 1 saturated carbocycles. The number of rotatable bonds is 45. The molecule has 1 aromatic heterocycles. The van der Waals surface area contributed by atoms with Crippen LogP contribution in [0.2, 0.25) is 0 Å². The molecule has 4 aliphatic rings. The number of benzene rings is 2. The van der Waals surface area contributed by atoms with E-state index in [0.717, 1.165) is 27.6 Å². The van der Waals surface area contributed by atoms with Gasteiger partial charge in [-0.25, -0.2) is 14.6 Å². The van der Waals surface area contributed by atoms with E-state index in [4.69, 9.17) is 24.7 Å². The first-order chi connectivity index (χ1) is 53.8. The highest BCUT2D eigenvalue weighted by molar-refractivity contribution is 7.09. The third-order valence-electron chi connectivity index (χ3n) is 21.8. The van der Waals surface area contributed by atoms with Gasteiger partial charge < -0.3 is 81.2 Å². The molecule has 2 saturated heterocycles. The molecule has 3 aliphatic heterocycles. The largest absolute Gasteiger partial charge is 0.481 e. The van der Waals surface area contributed by atoms with E-state index in [1.165, 1.54) is 54.4 Å². The molecule has 32 nitrogen and oxygen atoms in total. The number of imide groups is 1. The van der Waals surface area contributed by atoms with Gasteiger partial charge >= 0.3 is 18.1 Å². The van der Waals surface area contributed by atoms with E-state index in [0.29, 0.717) is 62.6 Å². The number of primary amides is 1. The fourth-order valence-electron chi connectivity index (χ4n) is 15.6. The number of carboxylic acid groups (broad SMARTS) is 1. The van der Waals surface area contributed by atoms with Crippen molar-refractivity contribution in [2.24, 2.45) is 41.2 Å². The molecule has 3 fully saturated rings. The van der Waals surface area contributed by atoms with Gasteiger partial charge in [0.15, 0.2) is 0 Å². The summed E-state index contributed by atoms with van der Waals surface area (Å²) in [5.41, 5.74) is 7.14. The summed E-state index contributed by atoms with van der Waals surface area (Å²) in [6, 6.07) is 6.99. The Morgan fingerprint density at radius 2 is 1.49 bits per heavy atom. The molecule has 0 radical (unpaired) electrons. The number of anilines is 1. The summed E-state index contributed by atoms with van der Waals surface area (Å²) in [4.78, 5) is 201. The van der Waals surface area contributed by atoms with E-state index < -0.39 is 163 Å². The molecule has 14 atom stereocenters. The van der Waals surface area contributed by atoms with E-state index in [1.807, 2.05) is 49.6 Å². The number of ketones is 1. The molecule has 3 aromatic rings. The van der Waals surface area contributed by atoms with Gasteiger partial charge in [-0.05, 0) is 117 Å². The maximum absolute atomic E-state index is 15.2. The van der Waals surface area contributed by atoms with Gasteiger partial charge in [0.05, 0.1) is 62.4 Å². The molecule has 13 amide bonds. The summed E-state index contributed by atoms with van der Waals surface area (Å²) in [5.74, 6) is -9.79. The lowest BCUT2D eigenvalue weighted by Gasteiger charge is -2.41. The molecular weight excluding hydrogens is 1480 g/mol. The number of nitrogens with two attached hydrogens (primary N) is 1. The first kappa shape index (κ1) is 90.5. The number of thiazole rings is 1. The number of piperidine rings is 1. The van der Waals surface area contributed by atoms with Crippen LogP contribution in [0.25, 0.3) is 0 Å². The van der Waals surface area contributed by atoms with Gasteiger partial charge in [0, 0.05) is 109 Å². The van der Waals surface area contributed by atoms with Gasteiger partial charge in [-0.3, -0.25) is 62.5 Å². The fourth-order valence-corrected chi connectivity index (χ4v) is 16.3. The number of likely N-dealkylation sites (tertiary alicyclic amines) is 2. The molecule has 113 heavy (non-hydrogen) atoms. The van der Waals surface area contributed by atoms with Crippen LogP contribution >= 0.6 is 11.3 Å². The Hall–Kier alpha value is -9.73. The predicted octanol–water partition coefficient (Wildman–Crippen LogP) is 5.56. The fraction of sp³-hybridized carbons (Fsp3) is 0.613. The van der Waals surface area contributed by atoms with Crippen molar-refractivity contribution in [1.82, 2.24) is 56.1 Å². The van der Waals surface area contributed by atoms with Crippen molar-refractivity contribution >= 4 is 100.0 Å². The molecule has 2 aromatic carbocycles. The number of fused-ring (bicyclic) bond motifs is 2. The van der Waals surface area contributed by atoms with Gasteiger partial charge in [-0.1, -0.05) is 91.3 Å². The summed E-state index contributed by atoms with van der Waals surface area (Å²) in [5, 5.41) is 29.1. The zero-order chi connectivity index (χ0) is 82.9. The van der Waals surface area contributed by atoms with Crippen LogP contribution in [0, 0.1) is 35.5 Å². The van der Waals surface area contributed by atoms with Crippen molar-refractivity contribution in [2.75, 3.05) is 66.5 Å². The second-order valence-electron chi connectivity index (χ2n) is 30.6. The Morgan fingerprint density at radius 3 is 2.12 bits per heavy atom. The van der Waals surface area contributed by atoms with Crippen LogP contribution in [0.5, 0.6) is 0 Å². The van der Waals surface area contributed by atoms with Gasteiger partial charge in [0.25, 0.3) is 11.8 Å². The summed E-state index contributed by atoms with van der Waals surface area (Å²) >= 11 is 1.45. The Balaban J connectivity index is 1.06. The monoisotopic (exact) mass is 1590 g/mol. The average molecular weight is 1590 g/mol. The van der Waals surface area contributed by atoms with Crippen LogP contribution < -0.4 is 37.6 Å². The maximum Gasteiger partial charge on any atom is 0.411 e. The molecule has 620 valence electrons. The van der Waals surface area contributed by atoms with Gasteiger partial charge in [0.2, 0.25) is 47.3 Å². The highest BCUT2D eigenvalue weighted by Gasteiger charge is 2.53. The summed E-state index contributed by atoms with van der Waals surface area (Å²) < 4.78 is 23.9. The standard InChI is InChI=1S/C80H115N13O19S/c1-13-48(6)69(61(109-11)43-65(98)91-34-18-22-60(91)71(110-12)50(8)72(101)86-59(76-82-33-38-113-76)40-51-19-15-14-16-20-51)90(10)78(106)68(47(4)5)88-75(104)70-52-24-27-57(42-52)93(70)80(108)112-45-54-23-26-56(41-55(54)44-89(9)77(105)53(39-49(7)94)25-30-66(99)100)84-73(102)58(21-17-32-83-79(81)107)85-74(103)67(46(2)3)87-62(95)31-36-111-37-35-92-63(96)28-29-64(92)97/h14-16,19-20,23,26,28-29,33,38,41,46-48,50,52-53,57-61,67-71H,13,17-18,21-22,24-25,27,30-32,34-37,39-40,42-45H2,1-12H3,(H,84,102)(H,85,103)(H,86,101)(H,87,95)(H,88,104)(H,99,100)(H3,81,83,107)/t48-,50+,52-,53+,57+,58-,59-,60-,61+,67-,68-,69-,70-,71+/m0/s1. The van der Waals surface area contributed by atoms with Crippen molar-refractivity contribution in [1.29, 1.82) is 0 Å². The molecule has 4 heterocycles. The van der Waals surface area contributed by atoms with E-state index in [2.05, 4.69) is 36.9 Å². The highest BCUT2D eigenvalue weighted by atomic mass is 32.1. The molecule has 1 aliphatic carbocycles. The third-order valence-corrected chi connectivity index (χ3v) is 22.7. The lowest BCUT2D eigenvalue weighted by atomic mass is 9.89. The van der Waals surface area contributed by atoms with Crippen molar-refractivity contribution in [3.05, 3.63) is 94.0 Å². The maximum atomic E-state index is 15.2. The number of carbonyl (C=O) groups excluding carboxylic acids is 13. The minimum absolute atomic E-state index is 0.0160. The van der Waals surface area contributed by atoms with E-state index in [1.54, 1.807) is 70.8 Å². The van der Waals surface area contributed by atoms with Crippen molar-refractivity contribution in [3.63, 3.8) is 0 Å². The molecule has 9 N–H and O–H groups in total. The number of hydrogen-bond acceptors (Lipinski definition) is 20. The van der Waals surface area contributed by atoms with Crippen LogP contribution in [0.3, 0.4) is 0 Å². The first-order valence-corrected chi connectivity index (χ1v) is 39.9. The second kappa shape index (κ2) is 43.5. The number of ether oxygens (including phenoxy) is 4. The lowest BCUT2D eigenvalue weighted by molar-refractivity contribution is -0.148. The lowest BCUT2D eigenvalue weighted by Crippen LogP contribution is -2.60. The topological polar surface area (TPSA) is 423 Å². The van der Waals surface area contributed by atoms with Crippen LogP contribution in [0.4, 0.5) is 15.3 Å². The second-order valence-corrected chi connectivity index (χ2v) is 31.5. The number of aliphatic carboxylic acids is 1. The molecule has 33 heteroatoms. The molecule has 0 unspecified atom stereocenters. The number of methoxy groups -OCH3 is 2. The number of carbonyl (C=O) groups is 14. The third kappa shape index (κ3) is 25.4. The number of Topliss-reactive ketones (excluding diaryl/α,β-unsaturated/α-hetero) is 1.